The average Bonchev–Trinajstić information content (AvgIpc) is 3.68. The highest BCUT2D eigenvalue weighted by Gasteiger charge is 2.32. The Kier molecular flexibility index (Phi) is 9.26. The zero-order valence-electron chi connectivity index (χ0n) is 31.4. The Labute approximate surface area is 307 Å². The lowest BCUT2D eigenvalue weighted by Gasteiger charge is -2.35. The summed E-state index contributed by atoms with van der Waals surface area (Å²) in [4.78, 5) is 18.2. The molecular weight excluding hydrogens is 637 g/mol. The number of pyridine rings is 4. The fourth-order valence-corrected chi connectivity index (χ4v) is 7.89. The number of aromatic nitrogens is 6. The van der Waals surface area contributed by atoms with Gasteiger partial charge in [-0.05, 0) is 97.7 Å². The smallest absolute Gasteiger partial charge is 0.0964 e. The lowest BCUT2D eigenvalue weighted by atomic mass is 9.69. The number of fused-ring (bicyclic) bond motifs is 6. The molecule has 0 saturated heterocycles. The van der Waals surface area contributed by atoms with E-state index in [-0.39, 0.29) is 16.9 Å². The van der Waals surface area contributed by atoms with Gasteiger partial charge < -0.3 is 9.13 Å². The maximum absolute atomic E-state index is 4.70. The molecule has 0 bridgehead atoms. The van der Waals surface area contributed by atoms with Gasteiger partial charge in [-0.2, -0.15) is 0 Å². The van der Waals surface area contributed by atoms with Crippen LogP contribution in [0.1, 0.15) is 60.9 Å². The standard InChI is InChI=1S/C46H48N6/c1-9-33(18-16-32(4)51-39-13-11-25-49-43(39)37-23-27-47-29-41(37)51)45(5,6)31(3)15-17-34(10-2)46(7,8)35-19-21-36(22-20-35)52-40-14-12-26-50-44(40)38-24-28-48-30-42(38)52/h9-19,21-30,32,35H,3,20H2,1-2,4-8H3/b17-15-,18-16-,33-9+,34-10+. The summed E-state index contributed by atoms with van der Waals surface area (Å²) >= 11 is 0. The third-order valence-electron chi connectivity index (χ3n) is 11.3. The Balaban J connectivity index is 1.08. The SMILES string of the molecule is C=C(/C=C\C(=C/C)C(C)(C)C1C=CC(n2c3cnccc3c3ncccc32)=CC1)C(C)(C)C(/C=C\C(C)n1c2cnccc2c2ncccc21)=C/C. The largest absolute Gasteiger partial charge is 0.331 e. The molecule has 0 saturated carbocycles. The van der Waals surface area contributed by atoms with Gasteiger partial charge in [0.05, 0.1) is 45.5 Å². The molecule has 52 heavy (non-hydrogen) atoms. The maximum atomic E-state index is 4.70. The summed E-state index contributed by atoms with van der Waals surface area (Å²) < 4.78 is 4.62. The minimum atomic E-state index is -0.275. The maximum Gasteiger partial charge on any atom is 0.0964 e. The van der Waals surface area contributed by atoms with Gasteiger partial charge in [-0.15, -0.1) is 0 Å². The van der Waals surface area contributed by atoms with Crippen molar-refractivity contribution in [3.05, 3.63) is 152 Å². The summed E-state index contributed by atoms with van der Waals surface area (Å²) in [7, 11) is 0. The Bertz CT molecular complexity index is 2400. The molecule has 0 fully saturated rings. The summed E-state index contributed by atoms with van der Waals surface area (Å²) in [6.07, 6.45) is 32.7. The quantitative estimate of drug-likeness (QED) is 0.135. The molecule has 2 atom stereocenters. The number of nitrogens with zero attached hydrogens (tertiary/aromatic N) is 6. The Morgan fingerprint density at radius 3 is 2.08 bits per heavy atom. The van der Waals surface area contributed by atoms with Gasteiger partial charge in [0, 0.05) is 52.7 Å². The van der Waals surface area contributed by atoms with E-state index in [1.54, 1.807) is 0 Å². The molecule has 6 aromatic heterocycles. The van der Waals surface area contributed by atoms with Gasteiger partial charge in [-0.3, -0.25) is 19.9 Å². The summed E-state index contributed by atoms with van der Waals surface area (Å²) in [5.74, 6) is 0.333. The molecule has 6 nitrogen and oxygen atoms in total. The molecular formula is C46H48N6. The fourth-order valence-electron chi connectivity index (χ4n) is 7.89. The molecule has 0 amide bonds. The highest BCUT2D eigenvalue weighted by molar-refractivity contribution is 6.08. The van der Waals surface area contributed by atoms with Gasteiger partial charge in [0.15, 0.2) is 0 Å². The molecule has 6 heterocycles. The van der Waals surface area contributed by atoms with Gasteiger partial charge in [-0.1, -0.05) is 82.9 Å². The normalized spacial score (nSPS) is 17.0. The number of rotatable bonds is 10. The van der Waals surface area contributed by atoms with Crippen molar-refractivity contribution in [2.75, 3.05) is 0 Å². The first-order valence-corrected chi connectivity index (χ1v) is 18.2. The van der Waals surface area contributed by atoms with E-state index in [2.05, 4.69) is 158 Å². The van der Waals surface area contributed by atoms with Crippen molar-refractivity contribution in [3.8, 4) is 0 Å². The minimum Gasteiger partial charge on any atom is -0.331 e. The van der Waals surface area contributed by atoms with Gasteiger partial charge in [0.1, 0.15) is 0 Å². The molecule has 0 N–H and O–H groups in total. The summed E-state index contributed by atoms with van der Waals surface area (Å²) in [5, 5.41) is 2.24. The summed E-state index contributed by atoms with van der Waals surface area (Å²) in [6.45, 7) is 20.3. The molecule has 7 rings (SSSR count). The van der Waals surface area contributed by atoms with E-state index in [1.165, 1.54) is 11.1 Å². The van der Waals surface area contributed by atoms with Crippen molar-refractivity contribution in [2.45, 2.75) is 60.9 Å². The molecule has 1 aliphatic carbocycles. The molecule has 6 aromatic rings. The van der Waals surface area contributed by atoms with Crippen molar-refractivity contribution in [1.29, 1.82) is 0 Å². The fraction of sp³-hybridized carbons (Fsp3) is 0.261. The summed E-state index contributed by atoms with van der Waals surface area (Å²) in [6, 6.07) is 12.5. The van der Waals surface area contributed by atoms with Crippen molar-refractivity contribution < 1.29 is 0 Å². The van der Waals surface area contributed by atoms with E-state index in [4.69, 9.17) is 4.98 Å². The van der Waals surface area contributed by atoms with Crippen molar-refractivity contribution in [2.24, 2.45) is 16.7 Å². The first-order valence-electron chi connectivity index (χ1n) is 18.2. The van der Waals surface area contributed by atoms with E-state index >= 15 is 0 Å². The number of allylic oxidation sites excluding steroid dienone is 13. The third kappa shape index (κ3) is 5.96. The van der Waals surface area contributed by atoms with Crippen molar-refractivity contribution in [3.63, 3.8) is 0 Å². The van der Waals surface area contributed by atoms with Crippen LogP contribution in [0.5, 0.6) is 0 Å². The first-order chi connectivity index (χ1) is 25.1. The average molecular weight is 685 g/mol. The molecule has 0 radical (unpaired) electrons. The second-order valence-electron chi connectivity index (χ2n) is 14.9. The zero-order chi connectivity index (χ0) is 36.6. The minimum absolute atomic E-state index is 0.0943. The third-order valence-corrected chi connectivity index (χ3v) is 11.3. The lowest BCUT2D eigenvalue weighted by molar-refractivity contribution is 0.327. The second kappa shape index (κ2) is 13.8. The van der Waals surface area contributed by atoms with E-state index in [9.17, 15) is 0 Å². The number of hydrogen-bond acceptors (Lipinski definition) is 4. The van der Waals surface area contributed by atoms with Gasteiger partial charge in [-0.25, -0.2) is 0 Å². The van der Waals surface area contributed by atoms with Crippen LogP contribution >= 0.6 is 0 Å². The molecule has 1 aliphatic rings. The molecule has 262 valence electrons. The van der Waals surface area contributed by atoms with Crippen molar-refractivity contribution >= 4 is 49.6 Å². The van der Waals surface area contributed by atoms with E-state index < -0.39 is 0 Å². The topological polar surface area (TPSA) is 61.4 Å². The van der Waals surface area contributed by atoms with Crippen LogP contribution in [0.4, 0.5) is 0 Å². The molecule has 0 spiro atoms. The summed E-state index contributed by atoms with van der Waals surface area (Å²) in [5.41, 5.74) is 10.8. The predicted molar refractivity (Wildman–Crippen MR) is 219 cm³/mol. The van der Waals surface area contributed by atoms with Gasteiger partial charge >= 0.3 is 0 Å². The number of hydrogen-bond donors (Lipinski definition) is 0. The van der Waals surface area contributed by atoms with E-state index in [1.807, 2.05) is 49.3 Å². The lowest BCUT2D eigenvalue weighted by Crippen LogP contribution is -2.25. The van der Waals surface area contributed by atoms with Crippen LogP contribution < -0.4 is 0 Å². The van der Waals surface area contributed by atoms with Gasteiger partial charge in [0.2, 0.25) is 0 Å². The monoisotopic (exact) mass is 684 g/mol. The first kappa shape index (κ1) is 34.8. The molecule has 2 unspecified atom stereocenters. The van der Waals surface area contributed by atoms with Crippen LogP contribution in [-0.2, 0) is 0 Å². The van der Waals surface area contributed by atoms with Crippen LogP contribution in [0.25, 0.3) is 49.6 Å². The predicted octanol–water partition coefficient (Wildman–Crippen LogP) is 11.8. The van der Waals surface area contributed by atoms with E-state index in [0.717, 1.165) is 61.6 Å². The van der Waals surface area contributed by atoms with Crippen molar-refractivity contribution in [1.82, 2.24) is 29.1 Å². The second-order valence-corrected chi connectivity index (χ2v) is 14.9. The highest BCUT2D eigenvalue weighted by Crippen LogP contribution is 2.43. The zero-order valence-corrected chi connectivity index (χ0v) is 31.4. The Morgan fingerprint density at radius 2 is 1.42 bits per heavy atom. The molecule has 6 heteroatoms. The Morgan fingerprint density at radius 1 is 0.788 bits per heavy atom. The molecule has 0 aromatic carbocycles. The van der Waals surface area contributed by atoms with Crippen LogP contribution in [0.3, 0.4) is 0 Å². The van der Waals surface area contributed by atoms with Crippen LogP contribution in [0.15, 0.2) is 152 Å². The van der Waals surface area contributed by atoms with Gasteiger partial charge in [0.25, 0.3) is 0 Å². The van der Waals surface area contributed by atoms with Crippen LogP contribution in [-0.4, -0.2) is 29.1 Å². The van der Waals surface area contributed by atoms with Crippen LogP contribution in [0, 0.1) is 16.7 Å². The Hall–Kier alpha value is -5.62. The van der Waals surface area contributed by atoms with E-state index in [0.29, 0.717) is 5.92 Å². The van der Waals surface area contributed by atoms with Crippen LogP contribution in [0.2, 0.25) is 0 Å². The highest BCUT2D eigenvalue weighted by atomic mass is 15.0. The molecule has 0 aliphatic heterocycles.